The van der Waals surface area contributed by atoms with Crippen molar-refractivity contribution in [3.05, 3.63) is 52.6 Å². The summed E-state index contributed by atoms with van der Waals surface area (Å²) in [7, 11) is 0. The highest BCUT2D eigenvalue weighted by atomic mass is 79.9. The maximum Gasteiger partial charge on any atom is 0.127 e. The molecule has 1 nitrogen and oxygen atoms in total. The van der Waals surface area contributed by atoms with Crippen LogP contribution >= 0.6 is 15.9 Å². The van der Waals surface area contributed by atoms with Gasteiger partial charge in [-0.2, -0.15) is 0 Å². The van der Waals surface area contributed by atoms with Crippen molar-refractivity contribution in [1.29, 1.82) is 0 Å². The van der Waals surface area contributed by atoms with Gasteiger partial charge in [0, 0.05) is 16.5 Å². The van der Waals surface area contributed by atoms with Gasteiger partial charge < -0.3 is 5.11 Å². The Bertz CT molecular complexity index is 646. The second kappa shape index (κ2) is 5.84. The molecule has 0 aliphatic rings. The summed E-state index contributed by atoms with van der Waals surface area (Å²) in [6, 6.07) is 10.5. The van der Waals surface area contributed by atoms with E-state index in [9.17, 15) is 5.11 Å². The molecule has 0 amide bonds. The molecule has 0 bridgehead atoms. The first-order valence-corrected chi connectivity index (χ1v) is 8.36. The van der Waals surface area contributed by atoms with E-state index in [0.717, 1.165) is 16.7 Å². The molecule has 0 aromatic heterocycles. The predicted octanol–water partition coefficient (Wildman–Crippen LogP) is 5.87. The van der Waals surface area contributed by atoms with Crippen LogP contribution in [0.2, 0.25) is 0 Å². The summed E-state index contributed by atoms with van der Waals surface area (Å²) in [5, 5.41) is 11.3. The van der Waals surface area contributed by atoms with Crippen LogP contribution in [0, 0.1) is 13.8 Å². The van der Waals surface area contributed by atoms with Gasteiger partial charge in [-0.25, -0.2) is 0 Å². The summed E-state index contributed by atoms with van der Waals surface area (Å²) in [4.78, 5) is 0. The van der Waals surface area contributed by atoms with E-state index in [1.165, 1.54) is 16.7 Å². The summed E-state index contributed by atoms with van der Waals surface area (Å²) < 4.78 is 0. The molecule has 0 fully saturated rings. The Morgan fingerprint density at radius 3 is 2.10 bits per heavy atom. The van der Waals surface area contributed by atoms with Crippen molar-refractivity contribution in [2.45, 2.75) is 45.4 Å². The lowest BCUT2D eigenvalue weighted by atomic mass is 9.83. The lowest BCUT2D eigenvalue weighted by Crippen LogP contribution is -2.12. The van der Waals surface area contributed by atoms with Gasteiger partial charge in [-0.05, 0) is 47.6 Å². The maximum atomic E-state index is 10.7. The third-order valence-electron chi connectivity index (χ3n) is 3.95. The minimum absolute atomic E-state index is 0.0515. The molecule has 2 rings (SSSR count). The van der Waals surface area contributed by atoms with Gasteiger partial charge in [0.2, 0.25) is 0 Å². The van der Waals surface area contributed by atoms with E-state index in [1.807, 2.05) is 0 Å². The van der Waals surface area contributed by atoms with Gasteiger partial charge in [-0.3, -0.25) is 0 Å². The molecule has 0 saturated carbocycles. The first kappa shape index (κ1) is 16.1. The van der Waals surface area contributed by atoms with Crippen molar-refractivity contribution >= 4 is 15.9 Å². The fourth-order valence-electron chi connectivity index (χ4n) is 2.66. The molecule has 0 heterocycles. The fraction of sp³-hybridized carbons (Fsp3) is 0.368. The number of halogens is 1. The number of hydrogen-bond acceptors (Lipinski definition) is 1. The highest BCUT2D eigenvalue weighted by Gasteiger charge is 2.20. The van der Waals surface area contributed by atoms with Crippen molar-refractivity contribution in [2.75, 3.05) is 0 Å². The zero-order valence-corrected chi connectivity index (χ0v) is 15.0. The largest absolute Gasteiger partial charge is 0.507 e. The van der Waals surface area contributed by atoms with Crippen molar-refractivity contribution in [2.24, 2.45) is 0 Å². The number of phenolic OH excluding ortho intramolecular Hbond substituents is 1. The molecular formula is C19H23BrO. The van der Waals surface area contributed by atoms with Crippen molar-refractivity contribution in [1.82, 2.24) is 0 Å². The third-order valence-corrected chi connectivity index (χ3v) is 4.55. The minimum Gasteiger partial charge on any atom is -0.507 e. The Hall–Kier alpha value is -1.28. The third kappa shape index (κ3) is 3.16. The van der Waals surface area contributed by atoms with Crippen LogP contribution in [-0.4, -0.2) is 5.11 Å². The van der Waals surface area contributed by atoms with Crippen LogP contribution in [0.4, 0.5) is 0 Å². The average molecular weight is 347 g/mol. The van der Waals surface area contributed by atoms with Gasteiger partial charge in [0.05, 0.1) is 0 Å². The number of phenols is 1. The summed E-state index contributed by atoms with van der Waals surface area (Å²) in [5.41, 5.74) is 6.70. The van der Waals surface area contributed by atoms with Gasteiger partial charge in [-0.15, -0.1) is 0 Å². The number of hydrogen-bond donors (Lipinski definition) is 1. The molecular weight excluding hydrogens is 324 g/mol. The van der Waals surface area contributed by atoms with Crippen molar-refractivity contribution in [3.63, 3.8) is 0 Å². The second-order valence-electron chi connectivity index (χ2n) is 6.68. The topological polar surface area (TPSA) is 20.2 Å². The van der Waals surface area contributed by atoms with Crippen LogP contribution < -0.4 is 0 Å². The Labute approximate surface area is 136 Å². The van der Waals surface area contributed by atoms with Gasteiger partial charge in [0.1, 0.15) is 5.75 Å². The summed E-state index contributed by atoms with van der Waals surface area (Å²) in [5.74, 6) is 0.386. The zero-order chi connectivity index (χ0) is 15.8. The normalized spacial score (nSPS) is 11.7. The summed E-state index contributed by atoms with van der Waals surface area (Å²) in [6.07, 6.45) is 0. The fourth-order valence-corrected chi connectivity index (χ4v) is 3.09. The predicted molar refractivity (Wildman–Crippen MR) is 94.3 cm³/mol. The molecule has 1 N–H and O–H groups in total. The molecule has 0 saturated heterocycles. The molecule has 21 heavy (non-hydrogen) atoms. The molecule has 0 aliphatic carbocycles. The van der Waals surface area contributed by atoms with Gasteiger partial charge in [-0.1, -0.05) is 61.0 Å². The van der Waals surface area contributed by atoms with Gasteiger partial charge in [0.15, 0.2) is 0 Å². The highest BCUT2D eigenvalue weighted by molar-refractivity contribution is 9.08. The monoisotopic (exact) mass is 346 g/mol. The molecule has 0 spiro atoms. The first-order valence-electron chi connectivity index (χ1n) is 7.24. The van der Waals surface area contributed by atoms with Crippen molar-refractivity contribution in [3.8, 4) is 16.9 Å². The van der Waals surface area contributed by atoms with Crippen LogP contribution in [0.1, 0.15) is 43.0 Å². The average Bonchev–Trinajstić information content (AvgIpc) is 2.39. The summed E-state index contributed by atoms with van der Waals surface area (Å²) in [6.45, 7) is 10.8. The van der Waals surface area contributed by atoms with Crippen molar-refractivity contribution < 1.29 is 5.11 Å². The van der Waals surface area contributed by atoms with E-state index >= 15 is 0 Å². The van der Waals surface area contributed by atoms with E-state index in [-0.39, 0.29) is 5.41 Å². The lowest BCUT2D eigenvalue weighted by Gasteiger charge is -2.23. The number of aromatic hydroxyl groups is 1. The molecule has 0 unspecified atom stereocenters. The molecule has 0 radical (unpaired) electrons. The molecule has 2 aromatic rings. The van der Waals surface area contributed by atoms with Crippen LogP contribution in [0.25, 0.3) is 11.1 Å². The van der Waals surface area contributed by atoms with E-state index < -0.39 is 0 Å². The molecule has 2 heteroatoms. The molecule has 2 aromatic carbocycles. The SMILES string of the molecule is Cc1cccc(C)c1-c1cc(C(C)(C)C)cc(CBr)c1O. The molecule has 0 atom stereocenters. The standard InChI is InChI=1S/C19H23BrO/c1-12-7-6-8-13(2)17(12)16-10-15(19(3,4)5)9-14(11-20)18(16)21/h6-10,21H,11H2,1-5H3. The van der Waals surface area contributed by atoms with E-state index in [1.54, 1.807) is 0 Å². The Morgan fingerprint density at radius 1 is 1.05 bits per heavy atom. The molecule has 112 valence electrons. The van der Waals surface area contributed by atoms with E-state index in [4.69, 9.17) is 0 Å². The van der Waals surface area contributed by atoms with E-state index in [0.29, 0.717) is 11.1 Å². The van der Waals surface area contributed by atoms with Gasteiger partial charge in [0.25, 0.3) is 0 Å². The number of benzene rings is 2. The maximum absolute atomic E-state index is 10.7. The Morgan fingerprint density at radius 2 is 1.62 bits per heavy atom. The van der Waals surface area contributed by atoms with Crippen LogP contribution in [-0.2, 0) is 10.7 Å². The zero-order valence-electron chi connectivity index (χ0n) is 13.4. The number of alkyl halides is 1. The highest BCUT2D eigenvalue weighted by Crippen LogP contribution is 2.40. The Kier molecular flexibility index (Phi) is 4.48. The van der Waals surface area contributed by atoms with Crippen LogP contribution in [0.15, 0.2) is 30.3 Å². The Balaban J connectivity index is 2.79. The molecule has 0 aliphatic heterocycles. The van der Waals surface area contributed by atoms with Gasteiger partial charge >= 0.3 is 0 Å². The minimum atomic E-state index is 0.0515. The quantitative estimate of drug-likeness (QED) is 0.674. The number of aryl methyl sites for hydroxylation is 2. The summed E-state index contributed by atoms with van der Waals surface area (Å²) >= 11 is 3.49. The van der Waals surface area contributed by atoms with Crippen LogP contribution in [0.3, 0.4) is 0 Å². The second-order valence-corrected chi connectivity index (χ2v) is 7.24. The number of rotatable bonds is 2. The first-order chi connectivity index (χ1) is 9.75. The van der Waals surface area contributed by atoms with Crippen LogP contribution in [0.5, 0.6) is 5.75 Å². The van der Waals surface area contributed by atoms with E-state index in [2.05, 4.69) is 80.9 Å². The lowest BCUT2D eigenvalue weighted by molar-refractivity contribution is 0.471. The smallest absolute Gasteiger partial charge is 0.127 e.